The first-order chi connectivity index (χ1) is 4.83. The summed E-state index contributed by atoms with van der Waals surface area (Å²) in [6.07, 6.45) is 0. The van der Waals surface area contributed by atoms with Crippen molar-refractivity contribution in [3.63, 3.8) is 0 Å². The summed E-state index contributed by atoms with van der Waals surface area (Å²) >= 11 is 1.04. The number of hydrogen-bond acceptors (Lipinski definition) is 3. The number of aromatic amines is 2. The SMILES string of the molecule is CCOCc1[nH]c(=O)s[nH+]1. The van der Waals surface area contributed by atoms with Crippen LogP contribution in [-0.4, -0.2) is 11.6 Å². The topological polar surface area (TPSA) is 56.2 Å². The normalized spacial score (nSPS) is 10.1. The van der Waals surface area contributed by atoms with Crippen LogP contribution >= 0.6 is 11.5 Å². The molecule has 0 amide bonds. The number of hydrogen-bond donors (Lipinski definition) is 1. The van der Waals surface area contributed by atoms with Crippen molar-refractivity contribution in [1.29, 1.82) is 0 Å². The first-order valence-corrected chi connectivity index (χ1v) is 3.82. The van der Waals surface area contributed by atoms with Crippen LogP contribution in [0.1, 0.15) is 12.7 Å². The van der Waals surface area contributed by atoms with Crippen LogP contribution in [0, 0.1) is 0 Å². The van der Waals surface area contributed by atoms with Crippen LogP contribution in [-0.2, 0) is 11.3 Å². The summed E-state index contributed by atoms with van der Waals surface area (Å²) < 4.78 is 7.83. The minimum Gasteiger partial charge on any atom is -0.369 e. The Kier molecular flexibility index (Phi) is 2.58. The minimum absolute atomic E-state index is 0.0743. The minimum atomic E-state index is -0.0743. The van der Waals surface area contributed by atoms with E-state index < -0.39 is 0 Å². The number of ether oxygens (including phenoxy) is 1. The van der Waals surface area contributed by atoms with E-state index in [-0.39, 0.29) is 4.87 Å². The molecule has 0 saturated carbocycles. The molecular formula is C5H9N2O2S+. The Hall–Kier alpha value is -0.680. The Bertz CT molecular complexity index is 242. The maximum Gasteiger partial charge on any atom is 0.426 e. The van der Waals surface area contributed by atoms with E-state index in [1.807, 2.05) is 6.92 Å². The maximum absolute atomic E-state index is 10.5. The van der Waals surface area contributed by atoms with Crippen LogP contribution in [0.4, 0.5) is 0 Å². The van der Waals surface area contributed by atoms with Crippen molar-refractivity contribution in [2.45, 2.75) is 13.5 Å². The molecular weight excluding hydrogens is 152 g/mol. The van der Waals surface area contributed by atoms with Crippen molar-refractivity contribution in [2.75, 3.05) is 6.61 Å². The van der Waals surface area contributed by atoms with E-state index in [4.69, 9.17) is 4.74 Å². The molecule has 0 aliphatic heterocycles. The van der Waals surface area contributed by atoms with Crippen molar-refractivity contribution >= 4 is 11.5 Å². The van der Waals surface area contributed by atoms with Crippen LogP contribution in [0.5, 0.6) is 0 Å². The van der Waals surface area contributed by atoms with Gasteiger partial charge in [-0.15, -0.1) is 0 Å². The molecule has 0 aliphatic carbocycles. The zero-order valence-electron chi connectivity index (χ0n) is 5.64. The molecule has 0 bridgehead atoms. The predicted molar refractivity (Wildman–Crippen MR) is 36.8 cm³/mol. The van der Waals surface area contributed by atoms with E-state index >= 15 is 0 Å². The number of rotatable bonds is 3. The molecule has 0 aliphatic rings. The molecule has 0 unspecified atom stereocenters. The molecule has 0 fully saturated rings. The van der Waals surface area contributed by atoms with Crippen molar-refractivity contribution in [2.24, 2.45) is 0 Å². The lowest BCUT2D eigenvalue weighted by molar-refractivity contribution is -0.316. The standard InChI is InChI=1S/C5H8N2O2S/c1-2-9-3-4-6-5(8)10-7-4/h2-3H2,1H3,(H,6,7,8)/p+1. The van der Waals surface area contributed by atoms with E-state index in [0.717, 1.165) is 17.4 Å². The lowest BCUT2D eigenvalue weighted by Crippen LogP contribution is -2.06. The zero-order chi connectivity index (χ0) is 7.40. The largest absolute Gasteiger partial charge is 0.426 e. The van der Waals surface area contributed by atoms with Gasteiger partial charge < -0.3 is 4.74 Å². The van der Waals surface area contributed by atoms with Gasteiger partial charge >= 0.3 is 4.87 Å². The highest BCUT2D eigenvalue weighted by Crippen LogP contribution is 1.84. The summed E-state index contributed by atoms with van der Waals surface area (Å²) in [5.41, 5.74) is 0. The van der Waals surface area contributed by atoms with Gasteiger partial charge in [-0.25, -0.2) is 4.79 Å². The van der Waals surface area contributed by atoms with Gasteiger partial charge in [0.1, 0.15) is 18.1 Å². The molecule has 1 rings (SSSR count). The Morgan fingerprint density at radius 1 is 1.80 bits per heavy atom. The zero-order valence-corrected chi connectivity index (χ0v) is 6.46. The molecule has 0 radical (unpaired) electrons. The Morgan fingerprint density at radius 2 is 2.60 bits per heavy atom. The number of aromatic nitrogens is 2. The monoisotopic (exact) mass is 161 g/mol. The third-order valence-electron chi connectivity index (χ3n) is 0.970. The van der Waals surface area contributed by atoms with Crippen LogP contribution in [0.15, 0.2) is 4.79 Å². The molecule has 10 heavy (non-hydrogen) atoms. The third-order valence-corrected chi connectivity index (χ3v) is 1.61. The molecule has 0 aromatic carbocycles. The summed E-state index contributed by atoms with van der Waals surface area (Å²) in [6, 6.07) is 0. The lowest BCUT2D eigenvalue weighted by Gasteiger charge is -1.89. The first kappa shape index (κ1) is 7.43. The van der Waals surface area contributed by atoms with Gasteiger partial charge in [0, 0.05) is 6.61 Å². The van der Waals surface area contributed by atoms with E-state index in [1.54, 1.807) is 0 Å². The molecule has 0 spiro atoms. The van der Waals surface area contributed by atoms with Crippen molar-refractivity contribution in [3.05, 3.63) is 15.5 Å². The quantitative estimate of drug-likeness (QED) is 0.666. The van der Waals surface area contributed by atoms with E-state index in [1.165, 1.54) is 0 Å². The fraction of sp³-hybridized carbons (Fsp3) is 0.600. The molecule has 56 valence electrons. The second-order valence-electron chi connectivity index (χ2n) is 1.73. The Morgan fingerprint density at radius 3 is 3.10 bits per heavy atom. The summed E-state index contributed by atoms with van der Waals surface area (Å²) in [4.78, 5) is 13.0. The molecule has 4 nitrogen and oxygen atoms in total. The smallest absolute Gasteiger partial charge is 0.369 e. The maximum atomic E-state index is 10.5. The highest BCUT2D eigenvalue weighted by molar-refractivity contribution is 6.98. The average molecular weight is 161 g/mol. The third kappa shape index (κ3) is 1.93. The summed E-state index contributed by atoms with van der Waals surface area (Å²) in [7, 11) is 0. The molecule has 1 aromatic heterocycles. The summed E-state index contributed by atoms with van der Waals surface area (Å²) in [6.45, 7) is 3.02. The molecule has 5 heteroatoms. The van der Waals surface area contributed by atoms with Gasteiger partial charge in [-0.05, 0) is 6.92 Å². The average Bonchev–Trinajstić information content (AvgIpc) is 2.31. The van der Waals surface area contributed by atoms with Crippen LogP contribution in [0.25, 0.3) is 0 Å². The fourth-order valence-corrected chi connectivity index (χ4v) is 1.05. The van der Waals surface area contributed by atoms with Gasteiger partial charge in [0.15, 0.2) is 0 Å². The Balaban J connectivity index is 2.50. The fourth-order valence-electron chi connectivity index (χ4n) is 0.552. The van der Waals surface area contributed by atoms with Crippen LogP contribution in [0.3, 0.4) is 0 Å². The van der Waals surface area contributed by atoms with Crippen molar-refractivity contribution in [3.8, 4) is 0 Å². The van der Waals surface area contributed by atoms with Gasteiger partial charge in [-0.2, -0.15) is 9.36 Å². The second kappa shape index (κ2) is 3.48. The molecule has 1 aromatic rings. The van der Waals surface area contributed by atoms with Crippen LogP contribution in [0.2, 0.25) is 0 Å². The van der Waals surface area contributed by atoms with Gasteiger partial charge in [0.25, 0.3) is 5.82 Å². The Labute approximate surface area is 62.0 Å². The van der Waals surface area contributed by atoms with Crippen molar-refractivity contribution < 1.29 is 9.11 Å². The highest BCUT2D eigenvalue weighted by atomic mass is 32.1. The van der Waals surface area contributed by atoms with Gasteiger partial charge in [0.05, 0.1) is 0 Å². The second-order valence-corrected chi connectivity index (χ2v) is 2.51. The van der Waals surface area contributed by atoms with Crippen LogP contribution < -0.4 is 9.25 Å². The number of H-pyrrole nitrogens is 2. The summed E-state index contributed by atoms with van der Waals surface area (Å²) in [5.74, 6) is 0.733. The summed E-state index contributed by atoms with van der Waals surface area (Å²) in [5, 5.41) is 0. The van der Waals surface area contributed by atoms with E-state index in [2.05, 4.69) is 9.36 Å². The van der Waals surface area contributed by atoms with E-state index in [9.17, 15) is 4.79 Å². The highest BCUT2D eigenvalue weighted by Gasteiger charge is 2.03. The predicted octanol–water partition coefficient (Wildman–Crippen LogP) is -0.213. The molecule has 2 N–H and O–H groups in total. The van der Waals surface area contributed by atoms with Gasteiger partial charge in [-0.1, -0.05) is 0 Å². The number of nitrogens with one attached hydrogen (secondary N) is 2. The van der Waals surface area contributed by atoms with E-state index in [0.29, 0.717) is 13.2 Å². The molecule has 1 heterocycles. The molecule has 0 saturated heterocycles. The molecule has 0 atom stereocenters. The van der Waals surface area contributed by atoms with Gasteiger partial charge in [-0.3, -0.25) is 0 Å². The first-order valence-electron chi connectivity index (χ1n) is 3.00. The van der Waals surface area contributed by atoms with Crippen molar-refractivity contribution in [1.82, 2.24) is 4.98 Å². The van der Waals surface area contributed by atoms with Gasteiger partial charge in [0.2, 0.25) is 0 Å². The lowest BCUT2D eigenvalue weighted by atomic mass is 10.7.